The molecule has 0 aliphatic carbocycles. The van der Waals surface area contributed by atoms with E-state index in [1.807, 2.05) is 24.3 Å². The molecule has 0 bridgehead atoms. The fourth-order valence-electron chi connectivity index (χ4n) is 4.78. The second-order valence-electron chi connectivity index (χ2n) is 10.6. The predicted octanol–water partition coefficient (Wildman–Crippen LogP) is 7.13. The van der Waals surface area contributed by atoms with Gasteiger partial charge in [-0.3, -0.25) is 19.3 Å². The Labute approximate surface area is 230 Å². The normalized spacial score (nSPS) is 15.8. The Balaban J connectivity index is 1.64. The van der Waals surface area contributed by atoms with Crippen molar-refractivity contribution in [2.45, 2.75) is 39.2 Å². The first-order valence-electron chi connectivity index (χ1n) is 12.4. The van der Waals surface area contributed by atoms with Crippen LogP contribution in [0.4, 0.5) is 11.4 Å². The van der Waals surface area contributed by atoms with Crippen LogP contribution in [0.5, 0.6) is 0 Å². The number of ketones is 1. The molecule has 0 saturated heterocycles. The Bertz CT molecular complexity index is 1660. The van der Waals surface area contributed by atoms with Crippen LogP contribution in [0.1, 0.15) is 55.4 Å². The van der Waals surface area contributed by atoms with Crippen molar-refractivity contribution >= 4 is 51.5 Å². The van der Waals surface area contributed by atoms with E-state index in [9.17, 15) is 19.5 Å². The maximum Gasteiger partial charge on any atom is 0.294 e. The number of carbonyl (C=O) groups is 3. The fourth-order valence-corrected chi connectivity index (χ4v) is 4.96. The van der Waals surface area contributed by atoms with Gasteiger partial charge in [0.15, 0.2) is 11.5 Å². The van der Waals surface area contributed by atoms with Crippen molar-refractivity contribution in [3.8, 4) is 0 Å². The molecule has 2 heterocycles. The smallest absolute Gasteiger partial charge is 0.294 e. The highest BCUT2D eigenvalue weighted by atomic mass is 35.5. The van der Waals surface area contributed by atoms with E-state index in [0.29, 0.717) is 32.9 Å². The number of anilines is 2. The van der Waals surface area contributed by atoms with Gasteiger partial charge < -0.3 is 14.8 Å². The third-order valence-corrected chi connectivity index (χ3v) is 6.93. The van der Waals surface area contributed by atoms with E-state index in [0.717, 1.165) is 5.56 Å². The lowest BCUT2D eigenvalue weighted by Crippen LogP contribution is -2.31. The summed E-state index contributed by atoms with van der Waals surface area (Å²) < 4.78 is 5.80. The Kier molecular flexibility index (Phi) is 6.56. The van der Waals surface area contributed by atoms with Gasteiger partial charge in [0.1, 0.15) is 5.58 Å². The van der Waals surface area contributed by atoms with E-state index < -0.39 is 23.5 Å². The standard InChI is InChI=1S/C31H27ClN2O5/c1-17(35)33-22-6-5-7-23(16-22)34-27(18-8-10-20(11-9-18)31(2,3)4)26(29(37)30(34)38)28(36)25-15-19-14-21(32)12-13-24(19)39-25/h5-16,27,37H,1-4H3,(H,33,35). The van der Waals surface area contributed by atoms with Crippen LogP contribution in [0.25, 0.3) is 11.0 Å². The van der Waals surface area contributed by atoms with Crippen LogP contribution >= 0.6 is 11.6 Å². The second kappa shape index (κ2) is 9.75. The molecule has 1 atom stereocenters. The zero-order valence-corrected chi connectivity index (χ0v) is 22.7. The molecule has 5 rings (SSSR count). The Morgan fingerprint density at radius 1 is 1.00 bits per heavy atom. The molecule has 4 aromatic rings. The maximum atomic E-state index is 13.9. The average molecular weight is 543 g/mol. The van der Waals surface area contributed by atoms with E-state index in [4.69, 9.17) is 16.0 Å². The number of amides is 2. The molecule has 0 fully saturated rings. The number of nitrogens with one attached hydrogen (secondary N) is 1. The van der Waals surface area contributed by atoms with E-state index in [1.165, 1.54) is 11.8 Å². The van der Waals surface area contributed by atoms with Crippen molar-refractivity contribution in [2.24, 2.45) is 0 Å². The summed E-state index contributed by atoms with van der Waals surface area (Å²) in [5.74, 6) is -2.29. The van der Waals surface area contributed by atoms with Crippen molar-refractivity contribution in [2.75, 3.05) is 10.2 Å². The minimum atomic E-state index is -0.941. The SMILES string of the molecule is CC(=O)Nc1cccc(N2C(=O)C(O)=C(C(=O)c3cc4cc(Cl)ccc4o3)C2c2ccc(C(C)(C)C)cc2)c1. The number of aliphatic hydroxyl groups excluding tert-OH is 1. The number of halogens is 1. The van der Waals surface area contributed by atoms with Gasteiger partial charge in [-0.25, -0.2) is 0 Å². The summed E-state index contributed by atoms with van der Waals surface area (Å²) in [5, 5.41) is 14.9. The van der Waals surface area contributed by atoms with Crippen LogP contribution in [0, 0.1) is 0 Å². The molecule has 39 heavy (non-hydrogen) atoms. The fraction of sp³-hybridized carbons (Fsp3) is 0.194. The van der Waals surface area contributed by atoms with E-state index in [2.05, 4.69) is 26.1 Å². The second-order valence-corrected chi connectivity index (χ2v) is 11.0. The summed E-state index contributed by atoms with van der Waals surface area (Å²) in [4.78, 5) is 40.4. The summed E-state index contributed by atoms with van der Waals surface area (Å²) in [6.45, 7) is 7.66. The van der Waals surface area contributed by atoms with Gasteiger partial charge in [-0.15, -0.1) is 0 Å². The zero-order valence-electron chi connectivity index (χ0n) is 21.9. The lowest BCUT2D eigenvalue weighted by atomic mass is 9.85. The largest absolute Gasteiger partial charge is 0.503 e. The zero-order chi connectivity index (χ0) is 28.1. The summed E-state index contributed by atoms with van der Waals surface area (Å²) in [7, 11) is 0. The summed E-state index contributed by atoms with van der Waals surface area (Å²) in [6, 6.07) is 19.9. The first kappa shape index (κ1) is 26.3. The van der Waals surface area contributed by atoms with Crippen molar-refractivity contribution in [3.05, 3.63) is 106 Å². The summed E-state index contributed by atoms with van der Waals surface area (Å²) in [5.41, 5.74) is 2.84. The Morgan fingerprint density at radius 2 is 1.72 bits per heavy atom. The quantitative estimate of drug-likeness (QED) is 0.261. The molecular weight excluding hydrogens is 516 g/mol. The van der Waals surface area contributed by atoms with Crippen molar-refractivity contribution < 1.29 is 23.9 Å². The number of aliphatic hydroxyl groups is 1. The van der Waals surface area contributed by atoms with Crippen LogP contribution < -0.4 is 10.2 Å². The molecule has 1 unspecified atom stereocenters. The van der Waals surface area contributed by atoms with Gasteiger partial charge in [-0.05, 0) is 59.0 Å². The first-order chi connectivity index (χ1) is 18.4. The summed E-state index contributed by atoms with van der Waals surface area (Å²) in [6.07, 6.45) is 0. The monoisotopic (exact) mass is 542 g/mol. The lowest BCUT2D eigenvalue weighted by Gasteiger charge is -2.28. The van der Waals surface area contributed by atoms with Crippen molar-refractivity contribution in [3.63, 3.8) is 0 Å². The number of carbonyl (C=O) groups excluding carboxylic acids is 3. The third kappa shape index (κ3) is 4.93. The number of furan rings is 1. The maximum absolute atomic E-state index is 13.9. The summed E-state index contributed by atoms with van der Waals surface area (Å²) >= 11 is 6.10. The van der Waals surface area contributed by atoms with Crippen LogP contribution in [-0.2, 0) is 15.0 Å². The van der Waals surface area contributed by atoms with E-state index in [-0.39, 0.29) is 22.7 Å². The van der Waals surface area contributed by atoms with Gasteiger partial charge in [0, 0.05) is 28.7 Å². The minimum absolute atomic E-state index is 0.0215. The molecule has 0 radical (unpaired) electrons. The highest BCUT2D eigenvalue weighted by molar-refractivity contribution is 6.31. The van der Waals surface area contributed by atoms with Crippen molar-refractivity contribution in [1.29, 1.82) is 0 Å². The van der Waals surface area contributed by atoms with Gasteiger partial charge in [0.2, 0.25) is 11.7 Å². The molecule has 2 amide bonds. The lowest BCUT2D eigenvalue weighted by molar-refractivity contribution is -0.117. The number of fused-ring (bicyclic) bond motifs is 1. The molecule has 198 valence electrons. The molecule has 0 spiro atoms. The number of hydrogen-bond acceptors (Lipinski definition) is 5. The number of rotatable bonds is 5. The topological polar surface area (TPSA) is 99.9 Å². The van der Waals surface area contributed by atoms with Crippen LogP contribution in [0.15, 0.2) is 88.5 Å². The van der Waals surface area contributed by atoms with Gasteiger partial charge in [-0.2, -0.15) is 0 Å². The molecule has 1 aliphatic heterocycles. The van der Waals surface area contributed by atoms with Crippen LogP contribution in [0.2, 0.25) is 5.02 Å². The van der Waals surface area contributed by atoms with Gasteiger partial charge in [0.25, 0.3) is 5.91 Å². The Morgan fingerprint density at radius 3 is 2.38 bits per heavy atom. The highest BCUT2D eigenvalue weighted by Crippen LogP contribution is 2.43. The minimum Gasteiger partial charge on any atom is -0.503 e. The molecule has 1 aromatic heterocycles. The van der Waals surface area contributed by atoms with E-state index in [1.54, 1.807) is 48.5 Å². The molecule has 8 heteroatoms. The molecule has 7 nitrogen and oxygen atoms in total. The van der Waals surface area contributed by atoms with Gasteiger partial charge in [0.05, 0.1) is 11.6 Å². The third-order valence-electron chi connectivity index (χ3n) is 6.69. The average Bonchev–Trinajstić information content (AvgIpc) is 3.41. The molecule has 1 aliphatic rings. The molecule has 3 aromatic carbocycles. The highest BCUT2D eigenvalue weighted by Gasteiger charge is 2.45. The molecule has 0 saturated carbocycles. The number of nitrogens with zero attached hydrogens (tertiary/aromatic N) is 1. The van der Waals surface area contributed by atoms with Crippen molar-refractivity contribution in [1.82, 2.24) is 0 Å². The van der Waals surface area contributed by atoms with E-state index >= 15 is 0 Å². The Hall–Kier alpha value is -4.36. The first-order valence-corrected chi connectivity index (χ1v) is 12.8. The van der Waals surface area contributed by atoms with Crippen LogP contribution in [-0.4, -0.2) is 22.7 Å². The number of benzene rings is 3. The van der Waals surface area contributed by atoms with Gasteiger partial charge in [-0.1, -0.05) is 62.7 Å². The number of Topliss-reactive ketones (excluding diaryl/α,β-unsaturated/α-hetero) is 1. The molecular formula is C31H27ClN2O5. The number of hydrogen-bond donors (Lipinski definition) is 2. The predicted molar refractivity (Wildman–Crippen MR) is 151 cm³/mol. The molecule has 2 N–H and O–H groups in total. The van der Waals surface area contributed by atoms with Crippen LogP contribution in [0.3, 0.4) is 0 Å². The van der Waals surface area contributed by atoms with Gasteiger partial charge >= 0.3 is 0 Å².